The zero-order valence-corrected chi connectivity index (χ0v) is 12.2. The molecule has 0 atom stereocenters. The molecule has 21 heavy (non-hydrogen) atoms. The minimum Gasteiger partial charge on any atom is -0.438 e. The van der Waals surface area contributed by atoms with Crippen LogP contribution >= 0.6 is 0 Å². The van der Waals surface area contributed by atoms with Crippen molar-refractivity contribution in [2.45, 2.75) is 26.7 Å². The maximum atomic E-state index is 8.88. The van der Waals surface area contributed by atoms with Crippen LogP contribution in [-0.2, 0) is 6.42 Å². The van der Waals surface area contributed by atoms with Gasteiger partial charge in [0.15, 0.2) is 5.84 Å². The van der Waals surface area contributed by atoms with Gasteiger partial charge in [-0.05, 0) is 42.7 Å². The third-order valence-corrected chi connectivity index (χ3v) is 3.16. The third-order valence-electron chi connectivity index (χ3n) is 3.16. The summed E-state index contributed by atoms with van der Waals surface area (Å²) in [5.74, 6) is 0.978. The average molecular weight is 285 g/mol. The molecule has 1 aromatic heterocycles. The van der Waals surface area contributed by atoms with Gasteiger partial charge >= 0.3 is 0 Å². The number of benzene rings is 1. The molecule has 0 saturated heterocycles. The highest BCUT2D eigenvalue weighted by atomic mass is 16.5. The summed E-state index contributed by atoms with van der Waals surface area (Å²) in [5.41, 5.74) is 8.29. The van der Waals surface area contributed by atoms with Crippen molar-refractivity contribution < 1.29 is 9.94 Å². The fourth-order valence-corrected chi connectivity index (χ4v) is 2.10. The fraction of sp³-hybridized carbons (Fsp3) is 0.250. The molecule has 2 aromatic rings. The molecule has 0 amide bonds. The Morgan fingerprint density at radius 1 is 1.29 bits per heavy atom. The van der Waals surface area contributed by atoms with Gasteiger partial charge in [-0.15, -0.1) is 0 Å². The molecule has 1 aromatic carbocycles. The topological polar surface area (TPSA) is 80.7 Å². The average Bonchev–Trinajstić information content (AvgIpc) is 2.49. The molecule has 0 saturated carbocycles. The van der Waals surface area contributed by atoms with Crippen molar-refractivity contribution in [2.24, 2.45) is 10.9 Å². The predicted octanol–water partition coefficient (Wildman–Crippen LogP) is 3.23. The summed E-state index contributed by atoms with van der Waals surface area (Å²) in [6, 6.07) is 9.62. The van der Waals surface area contributed by atoms with Crippen molar-refractivity contribution in [1.29, 1.82) is 0 Å². The Kier molecular flexibility index (Phi) is 4.77. The van der Waals surface area contributed by atoms with Crippen LogP contribution in [0.25, 0.3) is 0 Å². The minimum absolute atomic E-state index is 0.0156. The van der Waals surface area contributed by atoms with E-state index < -0.39 is 0 Å². The molecule has 0 bridgehead atoms. The lowest BCUT2D eigenvalue weighted by Gasteiger charge is -2.11. The van der Waals surface area contributed by atoms with Crippen LogP contribution in [0, 0.1) is 6.92 Å². The number of nitrogens with two attached hydrogens (primary N) is 1. The van der Waals surface area contributed by atoms with Crippen LogP contribution in [0.3, 0.4) is 0 Å². The van der Waals surface area contributed by atoms with Crippen LogP contribution in [0.1, 0.15) is 30.0 Å². The Morgan fingerprint density at radius 3 is 2.62 bits per heavy atom. The second kappa shape index (κ2) is 6.74. The highest BCUT2D eigenvalue weighted by molar-refractivity contribution is 6.00. The lowest BCUT2D eigenvalue weighted by atomic mass is 10.1. The number of aromatic nitrogens is 1. The van der Waals surface area contributed by atoms with Crippen molar-refractivity contribution in [3.8, 4) is 11.6 Å². The summed E-state index contributed by atoms with van der Waals surface area (Å²) in [4.78, 5) is 4.17. The number of nitrogens with zero attached hydrogens (tertiary/aromatic N) is 2. The number of ether oxygens (including phenoxy) is 1. The van der Waals surface area contributed by atoms with Gasteiger partial charge in [0.2, 0.25) is 5.88 Å². The number of amidine groups is 1. The molecule has 0 aliphatic heterocycles. The zero-order chi connectivity index (χ0) is 15.2. The van der Waals surface area contributed by atoms with Gasteiger partial charge in [-0.2, -0.15) is 0 Å². The highest BCUT2D eigenvalue weighted by Crippen LogP contribution is 2.25. The van der Waals surface area contributed by atoms with Crippen molar-refractivity contribution in [2.75, 3.05) is 0 Å². The quantitative estimate of drug-likeness (QED) is 0.382. The summed E-state index contributed by atoms with van der Waals surface area (Å²) in [7, 11) is 0. The first kappa shape index (κ1) is 14.8. The largest absolute Gasteiger partial charge is 0.438 e. The molecule has 0 aliphatic rings. The molecule has 0 aliphatic carbocycles. The van der Waals surface area contributed by atoms with Crippen LogP contribution < -0.4 is 10.5 Å². The van der Waals surface area contributed by atoms with Gasteiger partial charge in [-0.1, -0.05) is 30.6 Å². The molecule has 110 valence electrons. The number of hydrogen-bond donors (Lipinski definition) is 2. The highest BCUT2D eigenvalue weighted by Gasteiger charge is 2.13. The van der Waals surface area contributed by atoms with E-state index in [1.807, 2.05) is 31.2 Å². The normalized spacial score (nSPS) is 11.4. The molecule has 1 heterocycles. The van der Waals surface area contributed by atoms with E-state index in [2.05, 4.69) is 17.1 Å². The van der Waals surface area contributed by atoms with Gasteiger partial charge in [0.25, 0.3) is 0 Å². The minimum atomic E-state index is -0.0156. The van der Waals surface area contributed by atoms with Crippen LogP contribution in [-0.4, -0.2) is 16.0 Å². The first-order valence-corrected chi connectivity index (χ1v) is 6.86. The lowest BCUT2D eigenvalue weighted by molar-refractivity contribution is 0.318. The molecule has 0 spiro atoms. The SMILES string of the molecule is CCCc1ccc(Oc2nccc(C)c2/C(N)=N/O)cc1. The van der Waals surface area contributed by atoms with Crippen LogP contribution in [0.15, 0.2) is 41.7 Å². The first-order valence-electron chi connectivity index (χ1n) is 6.86. The maximum absolute atomic E-state index is 8.88. The number of rotatable bonds is 5. The Balaban J connectivity index is 2.29. The Labute approximate surface area is 124 Å². The van der Waals surface area contributed by atoms with E-state index >= 15 is 0 Å². The molecule has 2 rings (SSSR count). The molecular weight excluding hydrogens is 266 g/mol. The number of aryl methyl sites for hydroxylation is 2. The van der Waals surface area contributed by atoms with Gasteiger partial charge in [-0.3, -0.25) is 0 Å². The van der Waals surface area contributed by atoms with Gasteiger partial charge in [-0.25, -0.2) is 4.98 Å². The monoisotopic (exact) mass is 285 g/mol. The van der Waals surface area contributed by atoms with Gasteiger partial charge in [0.05, 0.1) is 5.56 Å². The Morgan fingerprint density at radius 2 is 2.00 bits per heavy atom. The first-order chi connectivity index (χ1) is 10.2. The smallest absolute Gasteiger partial charge is 0.230 e. The number of hydrogen-bond acceptors (Lipinski definition) is 4. The summed E-state index contributed by atoms with van der Waals surface area (Å²) in [6.45, 7) is 4.00. The second-order valence-electron chi connectivity index (χ2n) is 4.79. The zero-order valence-electron chi connectivity index (χ0n) is 12.2. The van der Waals surface area contributed by atoms with E-state index in [4.69, 9.17) is 15.7 Å². The molecule has 3 N–H and O–H groups in total. The van der Waals surface area contributed by atoms with E-state index in [0.717, 1.165) is 18.4 Å². The second-order valence-corrected chi connectivity index (χ2v) is 4.79. The summed E-state index contributed by atoms with van der Waals surface area (Å²) in [6.07, 6.45) is 3.77. The van der Waals surface area contributed by atoms with Gasteiger partial charge in [0, 0.05) is 6.20 Å². The summed E-state index contributed by atoms with van der Waals surface area (Å²) in [5, 5.41) is 11.9. The van der Waals surface area contributed by atoms with Crippen molar-refractivity contribution in [3.05, 3.63) is 53.2 Å². The van der Waals surface area contributed by atoms with Crippen molar-refractivity contribution in [3.63, 3.8) is 0 Å². The van der Waals surface area contributed by atoms with E-state index in [1.165, 1.54) is 5.56 Å². The van der Waals surface area contributed by atoms with Gasteiger partial charge < -0.3 is 15.7 Å². The standard InChI is InChI=1S/C16H19N3O2/c1-3-4-12-5-7-13(8-6-12)21-16-14(15(17)19-20)11(2)9-10-18-16/h5-10,20H,3-4H2,1-2H3,(H2,17,19). The van der Waals surface area contributed by atoms with Crippen LogP contribution in [0.4, 0.5) is 0 Å². The van der Waals surface area contributed by atoms with E-state index in [-0.39, 0.29) is 5.84 Å². The molecule has 0 unspecified atom stereocenters. The fourth-order valence-electron chi connectivity index (χ4n) is 2.10. The molecule has 0 fully saturated rings. The maximum Gasteiger partial charge on any atom is 0.230 e. The molecule has 5 nitrogen and oxygen atoms in total. The summed E-state index contributed by atoms with van der Waals surface area (Å²) < 4.78 is 5.76. The van der Waals surface area contributed by atoms with Gasteiger partial charge in [0.1, 0.15) is 5.75 Å². The molecule has 5 heteroatoms. The predicted molar refractivity (Wildman–Crippen MR) is 82.0 cm³/mol. The number of oxime groups is 1. The van der Waals surface area contributed by atoms with Crippen LogP contribution in [0.5, 0.6) is 11.6 Å². The number of pyridine rings is 1. The van der Waals surface area contributed by atoms with Crippen LogP contribution in [0.2, 0.25) is 0 Å². The Bertz CT molecular complexity index is 636. The van der Waals surface area contributed by atoms with E-state index in [0.29, 0.717) is 17.2 Å². The van der Waals surface area contributed by atoms with E-state index in [1.54, 1.807) is 12.3 Å². The molecular formula is C16H19N3O2. The third kappa shape index (κ3) is 3.51. The lowest BCUT2D eigenvalue weighted by Crippen LogP contribution is -2.16. The Hall–Kier alpha value is -2.56. The van der Waals surface area contributed by atoms with Crippen molar-refractivity contribution >= 4 is 5.84 Å². The van der Waals surface area contributed by atoms with Crippen molar-refractivity contribution in [1.82, 2.24) is 4.98 Å². The summed E-state index contributed by atoms with van der Waals surface area (Å²) >= 11 is 0. The van der Waals surface area contributed by atoms with E-state index in [9.17, 15) is 0 Å². The molecule has 0 radical (unpaired) electrons.